The van der Waals surface area contributed by atoms with Crippen molar-refractivity contribution in [2.45, 2.75) is 42.2 Å². The summed E-state index contributed by atoms with van der Waals surface area (Å²) in [7, 11) is 0. The van der Waals surface area contributed by atoms with Gasteiger partial charge in [0.05, 0.1) is 5.25 Å². The molecule has 1 saturated carbocycles. The Kier molecular flexibility index (Phi) is 4.55. The summed E-state index contributed by atoms with van der Waals surface area (Å²) in [6, 6.07) is 8.15. The van der Waals surface area contributed by atoms with Gasteiger partial charge in [0, 0.05) is 12.1 Å². The van der Waals surface area contributed by atoms with Crippen LogP contribution < -0.4 is 5.32 Å². The monoisotopic (exact) mass is 319 g/mol. The molecule has 1 aliphatic carbocycles. The quantitative estimate of drug-likeness (QED) is 0.915. The highest BCUT2D eigenvalue weighted by molar-refractivity contribution is 8.02. The van der Waals surface area contributed by atoms with E-state index in [4.69, 9.17) is 0 Å². The molecule has 0 saturated heterocycles. The lowest BCUT2D eigenvalue weighted by molar-refractivity contribution is -0.119. The Morgan fingerprint density at radius 2 is 2.05 bits per heavy atom. The summed E-state index contributed by atoms with van der Waals surface area (Å²) < 4.78 is 0.866. The number of nitrogens with zero attached hydrogens (tertiary/aromatic N) is 2. The Bertz CT molecular complexity index is 624. The highest BCUT2D eigenvalue weighted by atomic mass is 32.2. The lowest BCUT2D eigenvalue weighted by Crippen LogP contribution is -2.21. The Morgan fingerprint density at radius 3 is 2.81 bits per heavy atom. The normalized spacial score (nSPS) is 18.7. The zero-order valence-corrected chi connectivity index (χ0v) is 13.5. The predicted octanol–water partition coefficient (Wildman–Crippen LogP) is 4.19. The van der Waals surface area contributed by atoms with Gasteiger partial charge < -0.3 is 5.32 Å². The van der Waals surface area contributed by atoms with Gasteiger partial charge >= 0.3 is 0 Å². The molecule has 0 amide bonds. The lowest BCUT2D eigenvalue weighted by Gasteiger charge is -2.17. The van der Waals surface area contributed by atoms with Crippen LogP contribution in [-0.2, 0) is 4.79 Å². The molecule has 1 aromatic heterocycles. The van der Waals surface area contributed by atoms with Gasteiger partial charge in [-0.05, 0) is 31.9 Å². The number of ketones is 1. The molecule has 1 aromatic carbocycles. The van der Waals surface area contributed by atoms with E-state index in [2.05, 4.69) is 34.6 Å². The molecule has 1 aliphatic rings. The predicted molar refractivity (Wildman–Crippen MR) is 87.5 cm³/mol. The number of hydrogen-bond acceptors (Lipinski definition) is 6. The summed E-state index contributed by atoms with van der Waals surface area (Å²) in [6.45, 7) is 2.06. The molecule has 6 heteroatoms. The van der Waals surface area contributed by atoms with Crippen molar-refractivity contribution in [3.05, 3.63) is 29.8 Å². The van der Waals surface area contributed by atoms with Crippen LogP contribution in [0.4, 0.5) is 10.8 Å². The summed E-state index contributed by atoms with van der Waals surface area (Å²) in [6.07, 6.45) is 3.84. The van der Waals surface area contributed by atoms with Crippen molar-refractivity contribution in [3.8, 4) is 0 Å². The van der Waals surface area contributed by atoms with Crippen molar-refractivity contribution in [1.29, 1.82) is 0 Å². The number of Topliss-reactive ketones (excluding diaryl/α,β-unsaturated/α-hetero) is 1. The molecular weight excluding hydrogens is 302 g/mol. The van der Waals surface area contributed by atoms with Crippen LogP contribution in [0.1, 0.15) is 31.2 Å². The third-order valence-electron chi connectivity index (χ3n) is 3.45. The SMILES string of the molecule is Cc1ccc(Nc2nnc(S[C@H]3CCCCC3=O)s2)cc1. The molecule has 1 fully saturated rings. The molecule has 0 bridgehead atoms. The molecule has 21 heavy (non-hydrogen) atoms. The molecule has 3 rings (SSSR count). The van der Waals surface area contributed by atoms with E-state index in [-0.39, 0.29) is 5.25 Å². The topological polar surface area (TPSA) is 54.9 Å². The molecule has 0 unspecified atom stereocenters. The van der Waals surface area contributed by atoms with Crippen LogP contribution in [0, 0.1) is 6.92 Å². The molecular formula is C15H17N3OS2. The van der Waals surface area contributed by atoms with Crippen LogP contribution in [-0.4, -0.2) is 21.2 Å². The first kappa shape index (κ1) is 14.5. The van der Waals surface area contributed by atoms with Crippen LogP contribution in [0.15, 0.2) is 28.6 Å². The molecule has 0 radical (unpaired) electrons. The molecule has 1 atom stereocenters. The van der Waals surface area contributed by atoms with Crippen LogP contribution in [0.3, 0.4) is 0 Å². The minimum Gasteiger partial charge on any atom is -0.330 e. The minimum atomic E-state index is 0.0684. The molecule has 1 N–H and O–H groups in total. The van der Waals surface area contributed by atoms with Gasteiger partial charge in [-0.15, -0.1) is 10.2 Å². The standard InChI is InChI=1S/C15H17N3OS2/c1-10-6-8-11(9-7-10)16-14-17-18-15(21-14)20-13-5-3-2-4-12(13)19/h6-9,13H,2-5H2,1H3,(H,16,17)/t13-/m0/s1. The van der Waals surface area contributed by atoms with Crippen LogP contribution in [0.2, 0.25) is 0 Å². The second kappa shape index (κ2) is 6.58. The number of nitrogens with one attached hydrogen (secondary N) is 1. The second-order valence-electron chi connectivity index (χ2n) is 5.18. The number of anilines is 2. The minimum absolute atomic E-state index is 0.0684. The smallest absolute Gasteiger partial charge is 0.210 e. The van der Waals surface area contributed by atoms with Crippen molar-refractivity contribution in [3.63, 3.8) is 0 Å². The summed E-state index contributed by atoms with van der Waals surface area (Å²) in [5.74, 6) is 0.356. The number of carbonyl (C=O) groups is 1. The van der Waals surface area contributed by atoms with Gasteiger partial charge in [-0.1, -0.05) is 47.2 Å². The average Bonchev–Trinajstić information content (AvgIpc) is 2.91. The number of carbonyl (C=O) groups excluding carboxylic acids is 1. The zero-order valence-electron chi connectivity index (χ0n) is 11.8. The van der Waals surface area contributed by atoms with Crippen molar-refractivity contribution in [2.75, 3.05) is 5.32 Å². The van der Waals surface area contributed by atoms with E-state index < -0.39 is 0 Å². The fourth-order valence-corrected chi connectivity index (χ4v) is 4.41. The molecule has 2 aromatic rings. The third kappa shape index (κ3) is 3.83. The Morgan fingerprint density at radius 1 is 1.24 bits per heavy atom. The van der Waals surface area contributed by atoms with E-state index in [1.807, 2.05) is 12.1 Å². The number of hydrogen-bond donors (Lipinski definition) is 1. The van der Waals surface area contributed by atoms with Crippen molar-refractivity contribution in [2.24, 2.45) is 0 Å². The number of aryl methyl sites for hydroxylation is 1. The van der Waals surface area contributed by atoms with Gasteiger partial charge in [0.1, 0.15) is 5.78 Å². The zero-order chi connectivity index (χ0) is 14.7. The second-order valence-corrected chi connectivity index (χ2v) is 7.61. The fraction of sp³-hybridized carbons (Fsp3) is 0.400. The summed E-state index contributed by atoms with van der Waals surface area (Å²) in [4.78, 5) is 11.8. The van der Waals surface area contributed by atoms with E-state index in [9.17, 15) is 4.79 Å². The maximum atomic E-state index is 11.8. The average molecular weight is 319 g/mol. The summed E-state index contributed by atoms with van der Waals surface area (Å²) >= 11 is 3.07. The number of thioether (sulfide) groups is 1. The summed E-state index contributed by atoms with van der Waals surface area (Å²) in [5.41, 5.74) is 2.23. The van der Waals surface area contributed by atoms with E-state index >= 15 is 0 Å². The van der Waals surface area contributed by atoms with Crippen LogP contribution >= 0.6 is 23.1 Å². The number of benzene rings is 1. The lowest BCUT2D eigenvalue weighted by atomic mass is 9.99. The van der Waals surface area contributed by atoms with Crippen LogP contribution in [0.5, 0.6) is 0 Å². The summed E-state index contributed by atoms with van der Waals surface area (Å²) in [5, 5.41) is 12.4. The van der Waals surface area contributed by atoms with Crippen molar-refractivity contribution in [1.82, 2.24) is 10.2 Å². The van der Waals surface area contributed by atoms with Crippen LogP contribution in [0.25, 0.3) is 0 Å². The molecule has 110 valence electrons. The molecule has 0 aliphatic heterocycles. The highest BCUT2D eigenvalue weighted by Gasteiger charge is 2.24. The third-order valence-corrected chi connectivity index (χ3v) is 5.69. The van der Waals surface area contributed by atoms with Gasteiger partial charge in [0.2, 0.25) is 5.13 Å². The van der Waals surface area contributed by atoms with Crippen molar-refractivity contribution < 1.29 is 4.79 Å². The van der Waals surface area contributed by atoms with Gasteiger partial charge in [-0.2, -0.15) is 0 Å². The maximum Gasteiger partial charge on any atom is 0.210 e. The number of aromatic nitrogens is 2. The largest absolute Gasteiger partial charge is 0.330 e. The van der Waals surface area contributed by atoms with Gasteiger partial charge in [-0.25, -0.2) is 0 Å². The number of rotatable bonds is 4. The molecule has 1 heterocycles. The van der Waals surface area contributed by atoms with E-state index in [0.717, 1.165) is 34.4 Å². The van der Waals surface area contributed by atoms with Gasteiger partial charge in [0.25, 0.3) is 0 Å². The molecule has 4 nitrogen and oxygen atoms in total. The van der Waals surface area contributed by atoms with E-state index in [1.165, 1.54) is 16.9 Å². The Labute approximate surface area is 132 Å². The Balaban J connectivity index is 1.63. The van der Waals surface area contributed by atoms with E-state index in [1.54, 1.807) is 11.8 Å². The van der Waals surface area contributed by atoms with Gasteiger partial charge in [0.15, 0.2) is 4.34 Å². The first-order valence-corrected chi connectivity index (χ1v) is 8.77. The van der Waals surface area contributed by atoms with Gasteiger partial charge in [-0.3, -0.25) is 4.79 Å². The Hall–Kier alpha value is -1.40. The fourth-order valence-electron chi connectivity index (χ4n) is 2.27. The molecule has 0 spiro atoms. The first-order valence-electron chi connectivity index (χ1n) is 7.07. The van der Waals surface area contributed by atoms with E-state index in [0.29, 0.717) is 12.2 Å². The maximum absolute atomic E-state index is 11.8. The first-order chi connectivity index (χ1) is 10.2. The van der Waals surface area contributed by atoms with Crippen molar-refractivity contribution >= 4 is 39.7 Å². The highest BCUT2D eigenvalue weighted by Crippen LogP contribution is 2.35.